The van der Waals surface area contributed by atoms with Crippen LogP contribution in [-0.4, -0.2) is 5.11 Å². The van der Waals surface area contributed by atoms with Gasteiger partial charge in [0.1, 0.15) is 6.10 Å². The molecule has 19 heavy (non-hydrogen) atoms. The minimum atomic E-state index is -0.803. The van der Waals surface area contributed by atoms with Crippen LogP contribution >= 0.6 is 0 Å². The smallest absolute Gasteiger partial charge is 0.158 e. The molecule has 0 heterocycles. The highest BCUT2D eigenvalue weighted by Gasteiger charge is 2.14. The number of hydrogen-bond acceptors (Lipinski definition) is 3. The molecule has 0 aromatic heterocycles. The van der Waals surface area contributed by atoms with E-state index in [0.717, 1.165) is 5.56 Å². The SMILES string of the molecule is N#CC(C#N)c1cccc(C(O)c2ccccc2)c1. The molecule has 3 nitrogen and oxygen atoms in total. The fourth-order valence-corrected chi connectivity index (χ4v) is 1.91. The summed E-state index contributed by atoms with van der Waals surface area (Å²) in [5.41, 5.74) is 2.07. The zero-order valence-corrected chi connectivity index (χ0v) is 10.2. The molecule has 2 aromatic rings. The average Bonchev–Trinajstić information content (AvgIpc) is 2.49. The van der Waals surface area contributed by atoms with E-state index in [0.29, 0.717) is 11.1 Å². The van der Waals surface area contributed by atoms with E-state index in [1.54, 1.807) is 24.3 Å². The third-order valence-corrected chi connectivity index (χ3v) is 2.93. The third-order valence-electron chi connectivity index (χ3n) is 2.93. The summed E-state index contributed by atoms with van der Waals surface area (Å²) in [5, 5.41) is 28.1. The molecule has 0 spiro atoms. The Hall–Kier alpha value is -2.62. The van der Waals surface area contributed by atoms with Crippen LogP contribution in [0.15, 0.2) is 54.6 Å². The highest BCUT2D eigenvalue weighted by molar-refractivity contribution is 5.38. The van der Waals surface area contributed by atoms with Crippen molar-refractivity contribution in [1.29, 1.82) is 10.5 Å². The predicted octanol–water partition coefficient (Wildman–Crippen LogP) is 2.90. The summed E-state index contributed by atoms with van der Waals surface area (Å²) in [6.45, 7) is 0. The van der Waals surface area contributed by atoms with E-state index in [2.05, 4.69) is 0 Å². The lowest BCUT2D eigenvalue weighted by molar-refractivity contribution is 0.220. The van der Waals surface area contributed by atoms with Crippen molar-refractivity contribution < 1.29 is 5.11 Å². The van der Waals surface area contributed by atoms with E-state index in [1.807, 2.05) is 42.5 Å². The molecule has 92 valence electrons. The van der Waals surface area contributed by atoms with Crippen LogP contribution in [0, 0.1) is 22.7 Å². The van der Waals surface area contributed by atoms with Gasteiger partial charge in [0.15, 0.2) is 5.92 Å². The van der Waals surface area contributed by atoms with E-state index in [9.17, 15) is 5.11 Å². The second-order valence-electron chi connectivity index (χ2n) is 4.17. The maximum Gasteiger partial charge on any atom is 0.158 e. The van der Waals surface area contributed by atoms with Crippen LogP contribution in [0.1, 0.15) is 28.7 Å². The molecule has 3 heteroatoms. The maximum absolute atomic E-state index is 10.3. The van der Waals surface area contributed by atoms with E-state index in [4.69, 9.17) is 10.5 Å². The number of nitriles is 2. The molecule has 0 fully saturated rings. The Balaban J connectivity index is 2.35. The van der Waals surface area contributed by atoms with Gasteiger partial charge in [0.25, 0.3) is 0 Å². The molecular formula is C16H12N2O. The monoisotopic (exact) mass is 248 g/mol. The Bertz CT molecular complexity index is 624. The van der Waals surface area contributed by atoms with Crippen LogP contribution in [0.3, 0.4) is 0 Å². The highest BCUT2D eigenvalue weighted by atomic mass is 16.3. The predicted molar refractivity (Wildman–Crippen MR) is 70.9 cm³/mol. The molecule has 1 N–H and O–H groups in total. The summed E-state index contributed by atoms with van der Waals surface area (Å²) in [6, 6.07) is 20.1. The van der Waals surface area contributed by atoms with Crippen LogP contribution in [0.4, 0.5) is 0 Å². The molecule has 0 aliphatic carbocycles. The quantitative estimate of drug-likeness (QED) is 0.908. The molecule has 0 amide bonds. The van der Waals surface area contributed by atoms with Crippen LogP contribution < -0.4 is 0 Å². The molecular weight excluding hydrogens is 236 g/mol. The molecule has 0 aliphatic rings. The van der Waals surface area contributed by atoms with Gasteiger partial charge in [0.2, 0.25) is 0 Å². The van der Waals surface area contributed by atoms with Crippen LogP contribution in [0.25, 0.3) is 0 Å². The largest absolute Gasteiger partial charge is 0.384 e. The second-order valence-corrected chi connectivity index (χ2v) is 4.17. The summed E-state index contributed by atoms with van der Waals surface area (Å²) >= 11 is 0. The first-order valence-corrected chi connectivity index (χ1v) is 5.88. The van der Waals surface area contributed by atoms with Gasteiger partial charge in [-0.15, -0.1) is 0 Å². The van der Waals surface area contributed by atoms with Crippen molar-refractivity contribution in [2.75, 3.05) is 0 Å². The van der Waals surface area contributed by atoms with E-state index in [1.165, 1.54) is 0 Å². The Labute approximate surface area is 112 Å². The van der Waals surface area contributed by atoms with Gasteiger partial charge in [-0.05, 0) is 16.7 Å². The minimum absolute atomic E-state index is 0.609. The number of rotatable bonds is 3. The number of aliphatic hydroxyl groups excluding tert-OH is 1. The molecule has 0 radical (unpaired) electrons. The van der Waals surface area contributed by atoms with Gasteiger partial charge in [-0.3, -0.25) is 0 Å². The maximum atomic E-state index is 10.3. The lowest BCUT2D eigenvalue weighted by Gasteiger charge is -2.12. The Morgan fingerprint density at radius 3 is 2.00 bits per heavy atom. The van der Waals surface area contributed by atoms with Gasteiger partial charge in [-0.25, -0.2) is 0 Å². The van der Waals surface area contributed by atoms with Crippen molar-refractivity contribution in [1.82, 2.24) is 0 Å². The van der Waals surface area contributed by atoms with Crippen molar-refractivity contribution in [3.05, 3.63) is 71.3 Å². The van der Waals surface area contributed by atoms with Crippen LogP contribution in [0.2, 0.25) is 0 Å². The van der Waals surface area contributed by atoms with Crippen molar-refractivity contribution >= 4 is 0 Å². The van der Waals surface area contributed by atoms with Gasteiger partial charge in [-0.2, -0.15) is 10.5 Å². The summed E-state index contributed by atoms with van der Waals surface area (Å²) in [5.74, 6) is -0.803. The lowest BCUT2D eigenvalue weighted by Crippen LogP contribution is -2.01. The van der Waals surface area contributed by atoms with Gasteiger partial charge in [-0.1, -0.05) is 54.6 Å². The first-order chi connectivity index (χ1) is 9.26. The normalized spacial score (nSPS) is 11.6. The summed E-state index contributed by atoms with van der Waals surface area (Å²) in [6.07, 6.45) is -0.751. The number of nitrogens with zero attached hydrogens (tertiary/aromatic N) is 2. The molecule has 1 atom stereocenters. The molecule has 0 saturated carbocycles. The lowest BCUT2D eigenvalue weighted by atomic mass is 9.95. The topological polar surface area (TPSA) is 67.8 Å². The molecule has 1 unspecified atom stereocenters. The van der Waals surface area contributed by atoms with Crippen molar-refractivity contribution in [2.24, 2.45) is 0 Å². The zero-order valence-electron chi connectivity index (χ0n) is 10.2. The molecule has 0 bridgehead atoms. The van der Waals surface area contributed by atoms with Crippen molar-refractivity contribution in [3.63, 3.8) is 0 Å². The summed E-state index contributed by atoms with van der Waals surface area (Å²) in [7, 11) is 0. The first-order valence-electron chi connectivity index (χ1n) is 5.88. The Kier molecular flexibility index (Phi) is 3.93. The van der Waals surface area contributed by atoms with Gasteiger partial charge in [0, 0.05) is 0 Å². The zero-order chi connectivity index (χ0) is 13.7. The van der Waals surface area contributed by atoms with Crippen LogP contribution in [-0.2, 0) is 0 Å². The summed E-state index contributed by atoms with van der Waals surface area (Å²) in [4.78, 5) is 0. The van der Waals surface area contributed by atoms with Gasteiger partial charge >= 0.3 is 0 Å². The Morgan fingerprint density at radius 1 is 0.789 bits per heavy atom. The fourth-order valence-electron chi connectivity index (χ4n) is 1.91. The molecule has 0 saturated heterocycles. The van der Waals surface area contributed by atoms with E-state index >= 15 is 0 Å². The average molecular weight is 248 g/mol. The Morgan fingerprint density at radius 2 is 1.37 bits per heavy atom. The minimum Gasteiger partial charge on any atom is -0.384 e. The standard InChI is InChI=1S/C16H12N2O/c17-10-15(11-18)13-7-4-8-14(9-13)16(19)12-5-2-1-3-6-12/h1-9,15-16,19H. The number of hydrogen-bond donors (Lipinski definition) is 1. The van der Waals surface area contributed by atoms with Crippen molar-refractivity contribution in [2.45, 2.75) is 12.0 Å². The molecule has 2 aromatic carbocycles. The first kappa shape index (κ1) is 12.8. The fraction of sp³-hybridized carbons (Fsp3) is 0.125. The van der Waals surface area contributed by atoms with Crippen LogP contribution in [0.5, 0.6) is 0 Å². The number of aliphatic hydroxyl groups is 1. The molecule has 0 aliphatic heterocycles. The van der Waals surface area contributed by atoms with Gasteiger partial charge < -0.3 is 5.11 Å². The third kappa shape index (κ3) is 2.80. The van der Waals surface area contributed by atoms with Gasteiger partial charge in [0.05, 0.1) is 12.1 Å². The summed E-state index contributed by atoms with van der Waals surface area (Å²) < 4.78 is 0. The molecule has 2 rings (SSSR count). The van der Waals surface area contributed by atoms with Crippen molar-refractivity contribution in [3.8, 4) is 12.1 Å². The van der Waals surface area contributed by atoms with E-state index in [-0.39, 0.29) is 0 Å². The second kappa shape index (κ2) is 5.82. The number of benzene rings is 2. The van der Waals surface area contributed by atoms with E-state index < -0.39 is 12.0 Å². The highest BCUT2D eigenvalue weighted by Crippen LogP contribution is 2.24.